The molecule has 2 nitrogen and oxygen atoms in total. The number of carbonyl (C=O) groups is 1. The molecule has 0 heterocycles. The Hall–Kier alpha value is -1.57. The minimum absolute atomic E-state index is 0.0830. The minimum atomic E-state index is -0.0830. The van der Waals surface area contributed by atoms with E-state index in [1.165, 1.54) is 5.56 Å². The molecule has 0 saturated carbocycles. The third-order valence-corrected chi connectivity index (χ3v) is 3.20. The van der Waals surface area contributed by atoms with Crippen LogP contribution in [0.4, 0.5) is 0 Å². The number of allylic oxidation sites excluding steroid dienone is 2. The summed E-state index contributed by atoms with van der Waals surface area (Å²) in [4.78, 5) is 11.5. The van der Waals surface area contributed by atoms with Crippen molar-refractivity contribution in [2.45, 2.75) is 25.2 Å². The molecule has 16 heavy (non-hydrogen) atoms. The maximum Gasteiger partial charge on any atom is 0.156 e. The highest BCUT2D eigenvalue weighted by Gasteiger charge is 2.30. The number of carbonyl (C=O) groups excluding carboxylic acids is 1. The van der Waals surface area contributed by atoms with Gasteiger partial charge in [0.2, 0.25) is 0 Å². The van der Waals surface area contributed by atoms with Crippen molar-refractivity contribution in [3.05, 3.63) is 42.0 Å². The molecule has 0 spiro atoms. The number of benzene rings is 1. The maximum atomic E-state index is 11.5. The molecule has 0 radical (unpaired) electrons. The van der Waals surface area contributed by atoms with Crippen molar-refractivity contribution in [1.29, 1.82) is 0 Å². The molecule has 0 N–H and O–H groups in total. The van der Waals surface area contributed by atoms with E-state index < -0.39 is 0 Å². The van der Waals surface area contributed by atoms with Gasteiger partial charge in [0.15, 0.2) is 5.78 Å². The Kier molecular flexibility index (Phi) is 2.82. The summed E-state index contributed by atoms with van der Waals surface area (Å²) in [6.45, 7) is 2.13. The second-order valence-electron chi connectivity index (χ2n) is 4.54. The molecule has 0 aliphatic heterocycles. The van der Waals surface area contributed by atoms with Gasteiger partial charge in [0.25, 0.3) is 0 Å². The zero-order chi connectivity index (χ0) is 11.6. The molecule has 2 rings (SSSR count). The summed E-state index contributed by atoms with van der Waals surface area (Å²) in [6.07, 6.45) is 5.13. The van der Waals surface area contributed by atoms with Gasteiger partial charge in [-0.15, -0.1) is 0 Å². The zero-order valence-corrected chi connectivity index (χ0v) is 9.69. The molecule has 1 atom stereocenters. The zero-order valence-electron chi connectivity index (χ0n) is 9.69. The van der Waals surface area contributed by atoms with E-state index in [0.29, 0.717) is 6.42 Å². The van der Waals surface area contributed by atoms with E-state index in [1.807, 2.05) is 24.3 Å². The largest absolute Gasteiger partial charge is 0.497 e. The molecule has 0 fully saturated rings. The summed E-state index contributed by atoms with van der Waals surface area (Å²) in [5.41, 5.74) is 1.09. The number of hydrogen-bond donors (Lipinski definition) is 0. The monoisotopic (exact) mass is 216 g/mol. The lowest BCUT2D eigenvalue weighted by Gasteiger charge is -2.30. The van der Waals surface area contributed by atoms with E-state index in [0.717, 1.165) is 12.2 Å². The van der Waals surface area contributed by atoms with Crippen LogP contribution in [0.25, 0.3) is 0 Å². The number of hydrogen-bond acceptors (Lipinski definition) is 2. The van der Waals surface area contributed by atoms with Crippen LogP contribution in [0.1, 0.15) is 25.3 Å². The van der Waals surface area contributed by atoms with Gasteiger partial charge in [-0.05, 0) is 30.2 Å². The summed E-state index contributed by atoms with van der Waals surface area (Å²) >= 11 is 0. The molecule has 1 aliphatic rings. The average molecular weight is 216 g/mol. The molecule has 1 aliphatic carbocycles. The van der Waals surface area contributed by atoms with Crippen LogP contribution in [0.5, 0.6) is 5.75 Å². The van der Waals surface area contributed by atoms with Gasteiger partial charge in [0, 0.05) is 11.8 Å². The van der Waals surface area contributed by atoms with E-state index in [2.05, 4.69) is 13.0 Å². The summed E-state index contributed by atoms with van der Waals surface area (Å²) in [7, 11) is 1.66. The number of ketones is 1. The van der Waals surface area contributed by atoms with Gasteiger partial charge in [0.05, 0.1) is 7.11 Å². The van der Waals surface area contributed by atoms with Crippen molar-refractivity contribution in [1.82, 2.24) is 0 Å². The first kappa shape index (κ1) is 10.9. The van der Waals surface area contributed by atoms with Gasteiger partial charge < -0.3 is 4.74 Å². The van der Waals surface area contributed by atoms with Crippen LogP contribution in [-0.4, -0.2) is 12.9 Å². The quantitative estimate of drug-likeness (QED) is 0.759. The first-order chi connectivity index (χ1) is 7.64. The molecule has 1 aromatic carbocycles. The van der Waals surface area contributed by atoms with Crippen LogP contribution in [0, 0.1) is 0 Å². The molecular formula is C14H16O2. The van der Waals surface area contributed by atoms with E-state index >= 15 is 0 Å². The van der Waals surface area contributed by atoms with Crippen LogP contribution < -0.4 is 4.74 Å². The second-order valence-corrected chi connectivity index (χ2v) is 4.54. The fourth-order valence-corrected chi connectivity index (χ4v) is 2.18. The van der Waals surface area contributed by atoms with Gasteiger partial charge >= 0.3 is 0 Å². The predicted molar refractivity (Wildman–Crippen MR) is 63.7 cm³/mol. The fraction of sp³-hybridized carbons (Fsp3) is 0.357. The van der Waals surface area contributed by atoms with Crippen molar-refractivity contribution in [3.8, 4) is 5.75 Å². The number of rotatable bonds is 2. The Labute approximate surface area is 95.9 Å². The van der Waals surface area contributed by atoms with E-state index in [-0.39, 0.29) is 11.2 Å². The average Bonchev–Trinajstić information content (AvgIpc) is 2.29. The van der Waals surface area contributed by atoms with E-state index in [9.17, 15) is 4.79 Å². The Morgan fingerprint density at radius 1 is 1.38 bits per heavy atom. The summed E-state index contributed by atoms with van der Waals surface area (Å²) < 4.78 is 5.21. The topological polar surface area (TPSA) is 26.3 Å². The van der Waals surface area contributed by atoms with Gasteiger partial charge in [-0.25, -0.2) is 0 Å². The Bertz CT molecular complexity index is 434. The Morgan fingerprint density at radius 2 is 2.19 bits per heavy atom. The molecule has 0 amide bonds. The Morgan fingerprint density at radius 3 is 2.88 bits per heavy atom. The second kappa shape index (κ2) is 4.12. The van der Waals surface area contributed by atoms with Crippen LogP contribution in [-0.2, 0) is 10.2 Å². The van der Waals surface area contributed by atoms with Gasteiger partial charge in [0.1, 0.15) is 5.75 Å². The lowest BCUT2D eigenvalue weighted by atomic mass is 9.73. The van der Waals surface area contributed by atoms with Crippen LogP contribution in [0.2, 0.25) is 0 Å². The van der Waals surface area contributed by atoms with Crippen molar-refractivity contribution < 1.29 is 9.53 Å². The lowest BCUT2D eigenvalue weighted by Crippen LogP contribution is -2.27. The molecule has 0 aromatic heterocycles. The molecular weight excluding hydrogens is 200 g/mol. The molecule has 2 heteroatoms. The smallest absolute Gasteiger partial charge is 0.156 e. The van der Waals surface area contributed by atoms with Gasteiger partial charge in [-0.1, -0.05) is 25.1 Å². The summed E-state index contributed by atoms with van der Waals surface area (Å²) in [6, 6.07) is 7.98. The lowest BCUT2D eigenvalue weighted by molar-refractivity contribution is -0.116. The number of methoxy groups -OCH3 is 1. The van der Waals surface area contributed by atoms with Crippen molar-refractivity contribution >= 4 is 5.78 Å². The van der Waals surface area contributed by atoms with Crippen LogP contribution in [0.15, 0.2) is 36.4 Å². The van der Waals surface area contributed by atoms with Crippen LogP contribution in [0.3, 0.4) is 0 Å². The van der Waals surface area contributed by atoms with E-state index in [4.69, 9.17) is 4.74 Å². The van der Waals surface area contributed by atoms with Crippen molar-refractivity contribution in [3.63, 3.8) is 0 Å². The Balaban J connectivity index is 2.35. The molecule has 84 valence electrons. The molecule has 1 aromatic rings. The predicted octanol–water partition coefficient (Wildman–Crippen LogP) is 2.87. The molecule has 0 unspecified atom stereocenters. The first-order valence-corrected chi connectivity index (χ1v) is 5.48. The minimum Gasteiger partial charge on any atom is -0.497 e. The van der Waals surface area contributed by atoms with Gasteiger partial charge in [-0.3, -0.25) is 4.79 Å². The highest BCUT2D eigenvalue weighted by molar-refractivity contribution is 5.91. The summed E-state index contributed by atoms with van der Waals surface area (Å²) in [5, 5.41) is 0. The highest BCUT2D eigenvalue weighted by Crippen LogP contribution is 2.36. The standard InChI is InChI=1S/C14H16O2/c1-14(8-4-6-12(15)10-14)11-5-3-7-13(9-11)16-2/h3-7,9H,8,10H2,1-2H3/t14-/m0/s1. The van der Waals surface area contributed by atoms with Crippen molar-refractivity contribution in [2.75, 3.05) is 7.11 Å². The third-order valence-electron chi connectivity index (χ3n) is 3.20. The van der Waals surface area contributed by atoms with Crippen LogP contribution >= 0.6 is 0 Å². The van der Waals surface area contributed by atoms with Crippen molar-refractivity contribution in [2.24, 2.45) is 0 Å². The molecule has 0 saturated heterocycles. The van der Waals surface area contributed by atoms with E-state index in [1.54, 1.807) is 13.2 Å². The SMILES string of the molecule is COc1cccc([C@@]2(C)CC=CC(=O)C2)c1. The summed E-state index contributed by atoms with van der Waals surface area (Å²) in [5.74, 6) is 1.05. The molecule has 0 bridgehead atoms. The fourth-order valence-electron chi connectivity index (χ4n) is 2.18. The first-order valence-electron chi connectivity index (χ1n) is 5.48. The van der Waals surface area contributed by atoms with Gasteiger partial charge in [-0.2, -0.15) is 0 Å². The normalized spacial score (nSPS) is 24.5. The number of ether oxygens (including phenoxy) is 1. The third kappa shape index (κ3) is 2.01. The highest BCUT2D eigenvalue weighted by atomic mass is 16.5. The maximum absolute atomic E-state index is 11.5.